The number of alkyl halides is 3. The predicted octanol–water partition coefficient (Wildman–Crippen LogP) is 8.17. The minimum absolute atomic E-state index is 0.00598. The first kappa shape index (κ1) is 41.3. The number of aryl methyl sites for hydroxylation is 2. The van der Waals surface area contributed by atoms with Crippen LogP contribution < -0.4 is 10.6 Å². The molecule has 3 aromatic carbocycles. The lowest BCUT2D eigenvalue weighted by Gasteiger charge is -2.30. The summed E-state index contributed by atoms with van der Waals surface area (Å²) in [7, 11) is 0. The van der Waals surface area contributed by atoms with Gasteiger partial charge in [-0.05, 0) is 104 Å². The summed E-state index contributed by atoms with van der Waals surface area (Å²) in [5.74, 6) is -1.57. The van der Waals surface area contributed by atoms with Crippen molar-refractivity contribution in [1.29, 1.82) is 0 Å². The number of hydrogen-bond acceptors (Lipinski definition) is 7. The summed E-state index contributed by atoms with van der Waals surface area (Å²) in [6.07, 6.45) is -3.20. The van der Waals surface area contributed by atoms with Crippen molar-refractivity contribution < 1.29 is 37.5 Å². The lowest BCUT2D eigenvalue weighted by atomic mass is 9.86. The molecule has 0 radical (unpaired) electrons. The van der Waals surface area contributed by atoms with E-state index >= 15 is 0 Å². The highest BCUT2D eigenvalue weighted by atomic mass is 35.5. The van der Waals surface area contributed by atoms with Gasteiger partial charge in [-0.25, -0.2) is 0 Å². The van der Waals surface area contributed by atoms with Crippen LogP contribution in [0.5, 0.6) is 0 Å². The minimum Gasteiger partial charge on any atom is -0.376 e. The Labute approximate surface area is 319 Å². The van der Waals surface area contributed by atoms with Gasteiger partial charge < -0.3 is 15.7 Å². The van der Waals surface area contributed by atoms with Gasteiger partial charge in [0.25, 0.3) is 11.8 Å². The number of nitrogens with one attached hydrogen (secondary N) is 2. The Balaban J connectivity index is 0.000000276. The number of hydrogen-bond donors (Lipinski definition) is 3. The van der Waals surface area contributed by atoms with Gasteiger partial charge >= 0.3 is 6.18 Å². The average molecular weight is 780 g/mol. The van der Waals surface area contributed by atoms with E-state index in [9.17, 15) is 37.5 Å². The number of ketones is 2. The third-order valence-electron chi connectivity index (χ3n) is 8.21. The van der Waals surface area contributed by atoms with E-state index in [4.69, 9.17) is 23.2 Å². The van der Waals surface area contributed by atoms with Gasteiger partial charge in [0, 0.05) is 44.7 Å². The van der Waals surface area contributed by atoms with Crippen molar-refractivity contribution in [2.24, 2.45) is 0 Å². The van der Waals surface area contributed by atoms with Crippen molar-refractivity contribution >= 4 is 46.6 Å². The second-order valence-electron chi connectivity index (χ2n) is 12.2. The van der Waals surface area contributed by atoms with Crippen LogP contribution in [-0.4, -0.2) is 44.6 Å². The topological polar surface area (TPSA) is 138 Å². The van der Waals surface area contributed by atoms with Gasteiger partial charge in [0.1, 0.15) is 0 Å². The smallest absolute Gasteiger partial charge is 0.376 e. The Morgan fingerprint density at radius 3 is 1.56 bits per heavy atom. The molecule has 54 heavy (non-hydrogen) atoms. The van der Waals surface area contributed by atoms with Crippen LogP contribution in [0.1, 0.15) is 82.9 Å². The molecule has 1 atom stereocenters. The summed E-state index contributed by atoms with van der Waals surface area (Å²) in [6, 6.07) is 22.8. The van der Waals surface area contributed by atoms with Gasteiger partial charge in [0.2, 0.25) is 0 Å². The van der Waals surface area contributed by atoms with Crippen LogP contribution in [0, 0.1) is 13.8 Å². The zero-order valence-electron chi connectivity index (χ0n) is 29.3. The Morgan fingerprint density at radius 2 is 1.15 bits per heavy atom. The van der Waals surface area contributed by atoms with E-state index in [2.05, 4.69) is 20.6 Å². The largest absolute Gasteiger partial charge is 0.421 e. The molecule has 0 aliphatic heterocycles. The van der Waals surface area contributed by atoms with Gasteiger partial charge in [-0.1, -0.05) is 47.5 Å². The molecule has 9 nitrogen and oxygen atoms in total. The number of benzene rings is 3. The first-order chi connectivity index (χ1) is 25.5. The number of carbonyl (C=O) groups excluding carboxylic acids is 4. The second kappa shape index (κ2) is 18.1. The fourth-order valence-electron chi connectivity index (χ4n) is 5.26. The summed E-state index contributed by atoms with van der Waals surface area (Å²) in [6.45, 7) is 5.45. The quantitative estimate of drug-likeness (QED) is 0.115. The summed E-state index contributed by atoms with van der Waals surface area (Å²) in [5.41, 5.74) is -0.183. The van der Waals surface area contributed by atoms with E-state index in [1.54, 1.807) is 55.7 Å². The highest BCUT2D eigenvalue weighted by molar-refractivity contribution is 6.34. The molecule has 5 aromatic rings. The summed E-state index contributed by atoms with van der Waals surface area (Å²) in [4.78, 5) is 56.9. The minimum atomic E-state index is -5.18. The predicted molar refractivity (Wildman–Crippen MR) is 199 cm³/mol. The average Bonchev–Trinajstić information content (AvgIpc) is 3.13. The van der Waals surface area contributed by atoms with Gasteiger partial charge in [0.15, 0.2) is 17.2 Å². The number of nitrogens with zero attached hydrogens (tertiary/aromatic N) is 2. The molecule has 2 amide bonds. The number of amides is 2. The second-order valence-corrected chi connectivity index (χ2v) is 13.1. The first-order valence-corrected chi connectivity index (χ1v) is 17.1. The Morgan fingerprint density at radius 1 is 0.685 bits per heavy atom. The summed E-state index contributed by atoms with van der Waals surface area (Å²) >= 11 is 11.6. The van der Waals surface area contributed by atoms with E-state index in [0.29, 0.717) is 28.9 Å². The molecule has 2 aromatic heterocycles. The van der Waals surface area contributed by atoms with Crippen LogP contribution in [0.25, 0.3) is 0 Å². The third kappa shape index (κ3) is 10.8. The van der Waals surface area contributed by atoms with E-state index in [1.165, 1.54) is 31.2 Å². The third-order valence-corrected chi connectivity index (χ3v) is 8.64. The molecule has 2 heterocycles. The molecular weight excluding hydrogens is 744 g/mol. The van der Waals surface area contributed by atoms with E-state index in [0.717, 1.165) is 23.4 Å². The molecule has 0 bridgehead atoms. The lowest BCUT2D eigenvalue weighted by molar-refractivity contribution is -0.264. The maximum Gasteiger partial charge on any atom is 0.421 e. The zero-order chi connectivity index (χ0) is 39.6. The van der Waals surface area contributed by atoms with Gasteiger partial charge in [0.05, 0.1) is 30.9 Å². The van der Waals surface area contributed by atoms with Crippen molar-refractivity contribution in [3.8, 4) is 0 Å². The highest BCUT2D eigenvalue weighted by Crippen LogP contribution is 2.44. The number of carbonyl (C=O) groups is 4. The van der Waals surface area contributed by atoms with Crippen molar-refractivity contribution in [2.75, 3.05) is 0 Å². The number of rotatable bonds is 11. The molecule has 0 aliphatic carbocycles. The monoisotopic (exact) mass is 778 g/mol. The van der Waals surface area contributed by atoms with Crippen LogP contribution in [0.15, 0.2) is 103 Å². The van der Waals surface area contributed by atoms with E-state index < -0.39 is 35.5 Å². The normalized spacial score (nSPS) is 12.1. The highest BCUT2D eigenvalue weighted by Gasteiger charge is 2.56. The van der Waals surface area contributed by atoms with Crippen LogP contribution in [0.3, 0.4) is 0 Å². The van der Waals surface area contributed by atoms with Crippen molar-refractivity contribution in [2.45, 2.75) is 52.1 Å². The molecule has 14 heteroatoms. The fraction of sp³-hybridized carbons (Fsp3) is 0.200. The molecule has 0 aliphatic rings. The molecule has 280 valence electrons. The molecular formula is C40H35Cl2F3N4O5. The van der Waals surface area contributed by atoms with Crippen LogP contribution in [0.4, 0.5) is 13.2 Å². The molecule has 3 N–H and O–H groups in total. The van der Waals surface area contributed by atoms with Gasteiger partial charge in [-0.15, -0.1) is 0 Å². The lowest BCUT2D eigenvalue weighted by Crippen LogP contribution is -2.44. The standard InChI is InChI=1S/C24H19Cl2F3N2O3.C16H16N2O2/c1-14-8-15(5-6-20(14)22(33)31-13-19-4-2-3-7-30-19)21(32)12-23(34,24(27,28)29)16-9-17(25)11-18(26)10-16;1-11-9-13(12(2)19)6-7-15(11)16(20)18-10-14-5-3-4-8-17-14/h2-11,34H,12-13H2,1H3,(H,31,33);3-9H,10H2,1-2H3,(H,18,20). The Bertz CT molecular complexity index is 2130. The molecule has 0 saturated carbocycles. The van der Waals surface area contributed by atoms with E-state index in [1.807, 2.05) is 25.1 Å². The molecule has 5 rings (SSSR count). The number of halogens is 5. The molecule has 0 fully saturated rings. The molecule has 1 unspecified atom stereocenters. The molecule has 0 saturated heterocycles. The number of Topliss-reactive ketones (excluding diaryl/α,β-unsaturated/α-hetero) is 2. The van der Waals surface area contributed by atoms with Crippen molar-refractivity contribution in [1.82, 2.24) is 20.6 Å². The van der Waals surface area contributed by atoms with Crippen molar-refractivity contribution in [3.05, 3.63) is 164 Å². The van der Waals surface area contributed by atoms with Crippen LogP contribution in [-0.2, 0) is 18.7 Å². The fourth-order valence-corrected chi connectivity index (χ4v) is 5.79. The number of aliphatic hydroxyl groups is 1. The maximum absolute atomic E-state index is 13.9. The summed E-state index contributed by atoms with van der Waals surface area (Å²) < 4.78 is 41.6. The van der Waals surface area contributed by atoms with Crippen molar-refractivity contribution in [3.63, 3.8) is 0 Å². The SMILES string of the molecule is CC(=O)c1ccc(C(=O)NCc2ccccn2)c(C)c1.Cc1cc(C(=O)CC(O)(c2cc(Cl)cc(Cl)c2)C(F)(F)F)ccc1C(=O)NCc1ccccn1. The first-order valence-electron chi connectivity index (χ1n) is 16.4. The zero-order valence-corrected chi connectivity index (χ0v) is 30.8. The maximum atomic E-state index is 13.9. The Kier molecular flexibility index (Phi) is 13.8. The van der Waals surface area contributed by atoms with Crippen LogP contribution >= 0.6 is 23.2 Å². The van der Waals surface area contributed by atoms with Gasteiger partial charge in [-0.2, -0.15) is 13.2 Å². The van der Waals surface area contributed by atoms with Gasteiger partial charge in [-0.3, -0.25) is 29.1 Å². The number of aromatic nitrogens is 2. The Hall–Kier alpha value is -5.43. The van der Waals surface area contributed by atoms with Crippen LogP contribution in [0.2, 0.25) is 10.0 Å². The number of pyridine rings is 2. The molecule has 0 spiro atoms. The summed E-state index contributed by atoms with van der Waals surface area (Å²) in [5, 5.41) is 15.8. The van der Waals surface area contributed by atoms with E-state index in [-0.39, 0.29) is 39.4 Å².